The molecule has 32 heavy (non-hydrogen) atoms. The highest BCUT2D eigenvalue weighted by molar-refractivity contribution is 5.79. The number of hydrogen-bond acceptors (Lipinski definition) is 8. The van der Waals surface area contributed by atoms with E-state index in [-0.39, 0.29) is 0 Å². The Morgan fingerprint density at radius 3 is 1.12 bits per heavy atom. The molecule has 8 nitrogen and oxygen atoms in total. The number of methoxy groups -OCH3 is 4. The van der Waals surface area contributed by atoms with Crippen LogP contribution in [0, 0.1) is 0 Å². The van der Waals surface area contributed by atoms with Crippen LogP contribution >= 0.6 is 0 Å². The molecule has 0 spiro atoms. The van der Waals surface area contributed by atoms with Gasteiger partial charge in [0.1, 0.15) is 12.6 Å². The molecule has 0 amide bonds. The molecule has 0 radical (unpaired) electrons. The highest BCUT2D eigenvalue weighted by Gasteiger charge is 2.15. The minimum Gasteiger partial charge on any atom is -0.493 e. The Kier molecular flexibility index (Phi) is 10.2. The van der Waals surface area contributed by atoms with Crippen LogP contribution in [0.1, 0.15) is 46.4 Å². The van der Waals surface area contributed by atoms with E-state index in [9.17, 15) is 9.59 Å². The van der Waals surface area contributed by atoms with Crippen LogP contribution in [0.5, 0.6) is 34.5 Å². The van der Waals surface area contributed by atoms with Crippen LogP contribution in [0.25, 0.3) is 0 Å². The Hall–Kier alpha value is -3.42. The SMILES string of the molecule is COc1cc(C=O)cc(OC)c1OCCCCCCOc1c(OC)cc(C=O)cc1OC. The van der Waals surface area contributed by atoms with Crippen molar-refractivity contribution in [3.63, 3.8) is 0 Å². The van der Waals surface area contributed by atoms with Gasteiger partial charge in [-0.05, 0) is 49.9 Å². The summed E-state index contributed by atoms with van der Waals surface area (Å²) in [6.45, 7) is 0.978. The zero-order valence-corrected chi connectivity index (χ0v) is 19.0. The van der Waals surface area contributed by atoms with Gasteiger partial charge in [-0.2, -0.15) is 0 Å². The summed E-state index contributed by atoms with van der Waals surface area (Å²) in [6, 6.07) is 6.47. The summed E-state index contributed by atoms with van der Waals surface area (Å²) in [7, 11) is 6.08. The molecule has 0 fully saturated rings. The maximum Gasteiger partial charge on any atom is 0.203 e. The molecule has 0 aliphatic heterocycles. The van der Waals surface area contributed by atoms with Crippen molar-refractivity contribution >= 4 is 12.6 Å². The summed E-state index contributed by atoms with van der Waals surface area (Å²) in [5, 5.41) is 0. The van der Waals surface area contributed by atoms with E-state index in [4.69, 9.17) is 28.4 Å². The van der Waals surface area contributed by atoms with Gasteiger partial charge < -0.3 is 28.4 Å². The van der Waals surface area contributed by atoms with Gasteiger partial charge in [-0.3, -0.25) is 9.59 Å². The molecular weight excluding hydrogens is 416 g/mol. The summed E-state index contributed by atoms with van der Waals surface area (Å²) in [5.41, 5.74) is 0.917. The van der Waals surface area contributed by atoms with E-state index in [2.05, 4.69) is 0 Å². The summed E-state index contributed by atoms with van der Waals surface area (Å²) in [4.78, 5) is 22.1. The minimum atomic E-state index is 0.458. The summed E-state index contributed by atoms with van der Waals surface area (Å²) in [6.07, 6.45) is 5.03. The molecule has 2 aromatic rings. The van der Waals surface area contributed by atoms with Crippen molar-refractivity contribution in [3.05, 3.63) is 35.4 Å². The van der Waals surface area contributed by atoms with Crippen molar-refractivity contribution in [3.8, 4) is 34.5 Å². The number of carbonyl (C=O) groups excluding carboxylic acids is 2. The maximum absolute atomic E-state index is 11.0. The van der Waals surface area contributed by atoms with Gasteiger partial charge in [0.15, 0.2) is 23.0 Å². The van der Waals surface area contributed by atoms with Crippen LogP contribution in [0.3, 0.4) is 0 Å². The van der Waals surface area contributed by atoms with E-state index in [0.29, 0.717) is 58.8 Å². The van der Waals surface area contributed by atoms with Gasteiger partial charge in [-0.15, -0.1) is 0 Å². The van der Waals surface area contributed by atoms with Crippen LogP contribution in [0.15, 0.2) is 24.3 Å². The average Bonchev–Trinajstić information content (AvgIpc) is 2.84. The first-order valence-corrected chi connectivity index (χ1v) is 10.3. The van der Waals surface area contributed by atoms with Gasteiger partial charge in [0.05, 0.1) is 41.7 Å². The quantitative estimate of drug-likeness (QED) is 0.294. The van der Waals surface area contributed by atoms with Crippen LogP contribution < -0.4 is 28.4 Å². The second-order valence-corrected chi connectivity index (χ2v) is 6.86. The molecule has 0 bridgehead atoms. The Morgan fingerprint density at radius 1 is 0.562 bits per heavy atom. The second-order valence-electron chi connectivity index (χ2n) is 6.86. The van der Waals surface area contributed by atoms with E-state index in [1.54, 1.807) is 24.3 Å². The lowest BCUT2D eigenvalue weighted by Gasteiger charge is -2.15. The topological polar surface area (TPSA) is 89.5 Å². The summed E-state index contributed by atoms with van der Waals surface area (Å²) in [5.74, 6) is 2.82. The molecule has 0 aliphatic carbocycles. The molecule has 0 aliphatic rings. The third-order valence-electron chi connectivity index (χ3n) is 4.77. The Labute approximate surface area is 188 Å². The number of ether oxygens (including phenoxy) is 6. The number of carbonyl (C=O) groups is 2. The fraction of sp³-hybridized carbons (Fsp3) is 0.417. The molecule has 0 saturated heterocycles. The fourth-order valence-corrected chi connectivity index (χ4v) is 3.13. The van der Waals surface area contributed by atoms with Crippen LogP contribution in [0.4, 0.5) is 0 Å². The maximum atomic E-state index is 11.0. The van der Waals surface area contributed by atoms with Gasteiger partial charge in [0, 0.05) is 11.1 Å². The number of benzene rings is 2. The normalized spacial score (nSPS) is 10.2. The molecular formula is C24H30O8. The highest BCUT2D eigenvalue weighted by Crippen LogP contribution is 2.39. The van der Waals surface area contributed by atoms with Crippen molar-refractivity contribution < 1.29 is 38.0 Å². The van der Waals surface area contributed by atoms with Crippen molar-refractivity contribution in [2.75, 3.05) is 41.7 Å². The van der Waals surface area contributed by atoms with Gasteiger partial charge in [-0.1, -0.05) is 0 Å². The van der Waals surface area contributed by atoms with Crippen LogP contribution in [0.2, 0.25) is 0 Å². The first-order valence-electron chi connectivity index (χ1n) is 10.3. The lowest BCUT2D eigenvalue weighted by atomic mass is 10.2. The molecule has 0 atom stereocenters. The number of aldehydes is 2. The van der Waals surface area contributed by atoms with Crippen LogP contribution in [-0.2, 0) is 0 Å². The molecule has 0 saturated carbocycles. The third kappa shape index (κ3) is 6.54. The molecule has 2 rings (SSSR count). The Balaban J connectivity index is 1.78. The number of rotatable bonds is 15. The molecule has 0 N–H and O–H groups in total. The second kappa shape index (κ2) is 13.1. The predicted octanol–water partition coefficient (Wildman–Crippen LogP) is 4.36. The molecule has 0 heterocycles. The molecule has 174 valence electrons. The molecule has 0 unspecified atom stereocenters. The average molecular weight is 446 g/mol. The Morgan fingerprint density at radius 2 is 0.875 bits per heavy atom. The first-order chi connectivity index (χ1) is 15.6. The molecule has 2 aromatic carbocycles. The standard InChI is InChI=1S/C24H30O8/c1-27-19-11-17(15-25)12-20(28-2)23(19)31-9-7-5-6-8-10-32-24-21(29-3)13-18(16-26)14-22(24)30-4/h11-16H,5-10H2,1-4H3. The highest BCUT2D eigenvalue weighted by atomic mass is 16.5. The van der Waals surface area contributed by atoms with E-state index < -0.39 is 0 Å². The lowest BCUT2D eigenvalue weighted by molar-refractivity contribution is 0.111. The van der Waals surface area contributed by atoms with Gasteiger partial charge in [0.25, 0.3) is 0 Å². The van der Waals surface area contributed by atoms with Crippen molar-refractivity contribution in [2.24, 2.45) is 0 Å². The van der Waals surface area contributed by atoms with Gasteiger partial charge in [0.2, 0.25) is 11.5 Å². The van der Waals surface area contributed by atoms with E-state index >= 15 is 0 Å². The zero-order valence-electron chi connectivity index (χ0n) is 19.0. The zero-order chi connectivity index (χ0) is 23.3. The predicted molar refractivity (Wildman–Crippen MR) is 119 cm³/mol. The summed E-state index contributed by atoms with van der Waals surface area (Å²) < 4.78 is 33.0. The third-order valence-corrected chi connectivity index (χ3v) is 4.77. The number of unbranched alkanes of at least 4 members (excludes halogenated alkanes) is 3. The number of hydrogen-bond donors (Lipinski definition) is 0. The molecule has 8 heteroatoms. The largest absolute Gasteiger partial charge is 0.493 e. The van der Waals surface area contributed by atoms with Gasteiger partial charge in [-0.25, -0.2) is 0 Å². The van der Waals surface area contributed by atoms with E-state index in [1.165, 1.54) is 28.4 Å². The monoisotopic (exact) mass is 446 g/mol. The van der Waals surface area contributed by atoms with E-state index in [0.717, 1.165) is 38.3 Å². The first kappa shape index (κ1) is 24.8. The van der Waals surface area contributed by atoms with E-state index in [1.807, 2.05) is 0 Å². The van der Waals surface area contributed by atoms with Crippen molar-refractivity contribution in [2.45, 2.75) is 25.7 Å². The smallest absolute Gasteiger partial charge is 0.203 e. The minimum absolute atomic E-state index is 0.458. The van der Waals surface area contributed by atoms with Gasteiger partial charge >= 0.3 is 0 Å². The Bertz CT molecular complexity index is 770. The van der Waals surface area contributed by atoms with Crippen LogP contribution in [-0.4, -0.2) is 54.2 Å². The fourth-order valence-electron chi connectivity index (χ4n) is 3.13. The lowest BCUT2D eigenvalue weighted by Crippen LogP contribution is -2.04. The molecule has 0 aromatic heterocycles. The summed E-state index contributed by atoms with van der Waals surface area (Å²) >= 11 is 0. The van der Waals surface area contributed by atoms with Crippen molar-refractivity contribution in [1.82, 2.24) is 0 Å². The van der Waals surface area contributed by atoms with Crippen molar-refractivity contribution in [1.29, 1.82) is 0 Å².